The number of carbonyl (C=O) groups is 1. The Kier molecular flexibility index (Phi) is 6.62. The van der Waals surface area contributed by atoms with Crippen LogP contribution in [0.1, 0.15) is 22.3 Å². The molecule has 5 rings (SSSR count). The molecule has 3 heterocycles. The van der Waals surface area contributed by atoms with Crippen LogP contribution in [0.5, 0.6) is 5.75 Å². The predicted octanol–water partition coefficient (Wildman–Crippen LogP) is 2.55. The van der Waals surface area contributed by atoms with Crippen molar-refractivity contribution in [1.82, 2.24) is 19.6 Å². The second-order valence-electron chi connectivity index (χ2n) is 9.19. The second kappa shape index (κ2) is 9.83. The van der Waals surface area contributed by atoms with Crippen LogP contribution in [-0.2, 0) is 16.4 Å². The van der Waals surface area contributed by atoms with Gasteiger partial charge < -0.3 is 9.64 Å². The molecule has 0 aliphatic carbocycles. The number of carbonyl (C=O) groups excluding carboxylic acids is 1. The van der Waals surface area contributed by atoms with E-state index in [1.54, 1.807) is 7.11 Å². The fraction of sp³-hybridized carbons (Fsp3) is 0.385. The fourth-order valence-corrected chi connectivity index (χ4v) is 6.68. The maximum atomic E-state index is 13.6. The van der Waals surface area contributed by atoms with Gasteiger partial charge in [-0.25, -0.2) is 8.42 Å². The van der Waals surface area contributed by atoms with Gasteiger partial charge >= 0.3 is 0 Å². The lowest BCUT2D eigenvalue weighted by molar-refractivity contribution is 0.0588. The third-order valence-electron chi connectivity index (χ3n) is 6.87. The highest BCUT2D eigenvalue weighted by atomic mass is 32.2. The van der Waals surface area contributed by atoms with Gasteiger partial charge in [0, 0.05) is 44.0 Å². The third kappa shape index (κ3) is 5.26. The maximum absolute atomic E-state index is 13.6. The molecule has 0 radical (unpaired) electrons. The minimum absolute atomic E-state index is 0.0474. The summed E-state index contributed by atoms with van der Waals surface area (Å²) in [7, 11) is -1.30. The standard InChI is InChI=1S/C26H30N4O4S/c1-34-23-9-7-21(8-10-23)25-24(18-30(27-25)17-20-5-3-2-4-6-20)26(31)29-14-12-28(13-15-29)22-11-16-35(32,33)19-22/h2-10,18,22H,11-17,19H2,1H3. The molecular weight excluding hydrogens is 464 g/mol. The maximum Gasteiger partial charge on any atom is 0.257 e. The summed E-state index contributed by atoms with van der Waals surface area (Å²) in [5.74, 6) is 1.20. The van der Waals surface area contributed by atoms with Crippen LogP contribution in [0.2, 0.25) is 0 Å². The van der Waals surface area contributed by atoms with Gasteiger partial charge in [-0.15, -0.1) is 0 Å². The molecule has 8 nitrogen and oxygen atoms in total. The van der Waals surface area contributed by atoms with E-state index in [2.05, 4.69) is 4.90 Å². The molecule has 3 aromatic rings. The quantitative estimate of drug-likeness (QED) is 0.524. The molecule has 2 aliphatic heterocycles. The van der Waals surface area contributed by atoms with Gasteiger partial charge in [0.05, 0.1) is 30.7 Å². The Bertz CT molecular complexity index is 1280. The zero-order valence-electron chi connectivity index (χ0n) is 19.8. The number of amides is 1. The normalized spacial score (nSPS) is 20.1. The average molecular weight is 495 g/mol. The zero-order chi connectivity index (χ0) is 24.4. The van der Waals surface area contributed by atoms with Crippen molar-refractivity contribution in [3.8, 4) is 17.0 Å². The summed E-state index contributed by atoms with van der Waals surface area (Å²) < 4.78 is 30.9. The first kappa shape index (κ1) is 23.6. The molecule has 2 fully saturated rings. The first-order valence-electron chi connectivity index (χ1n) is 11.9. The van der Waals surface area contributed by atoms with Crippen molar-refractivity contribution in [3.63, 3.8) is 0 Å². The molecular formula is C26H30N4O4S. The summed E-state index contributed by atoms with van der Waals surface area (Å²) in [5, 5.41) is 4.79. The molecule has 9 heteroatoms. The molecule has 0 spiro atoms. The minimum atomic E-state index is -2.92. The SMILES string of the molecule is COc1ccc(-c2nn(Cc3ccccc3)cc2C(=O)N2CCN(C3CCS(=O)(=O)C3)CC2)cc1. The van der Waals surface area contributed by atoms with Crippen LogP contribution in [0.15, 0.2) is 60.8 Å². The summed E-state index contributed by atoms with van der Waals surface area (Å²) in [4.78, 5) is 17.7. The van der Waals surface area contributed by atoms with Gasteiger partial charge in [-0.05, 0) is 36.2 Å². The number of piperazine rings is 1. The van der Waals surface area contributed by atoms with Crippen molar-refractivity contribution in [1.29, 1.82) is 0 Å². The number of sulfone groups is 1. The summed E-state index contributed by atoms with van der Waals surface area (Å²) in [5.41, 5.74) is 3.19. The third-order valence-corrected chi connectivity index (χ3v) is 8.62. The molecule has 2 aliphatic rings. The topological polar surface area (TPSA) is 84.7 Å². The first-order valence-corrected chi connectivity index (χ1v) is 13.7. The van der Waals surface area contributed by atoms with Crippen molar-refractivity contribution >= 4 is 15.7 Å². The number of hydrogen-bond acceptors (Lipinski definition) is 6. The van der Waals surface area contributed by atoms with Crippen LogP contribution in [0.3, 0.4) is 0 Å². The molecule has 35 heavy (non-hydrogen) atoms. The van der Waals surface area contributed by atoms with E-state index in [-0.39, 0.29) is 23.5 Å². The lowest BCUT2D eigenvalue weighted by Gasteiger charge is -2.37. The number of aromatic nitrogens is 2. The zero-order valence-corrected chi connectivity index (χ0v) is 20.7. The minimum Gasteiger partial charge on any atom is -0.497 e. The van der Waals surface area contributed by atoms with E-state index in [0.29, 0.717) is 50.4 Å². The summed E-state index contributed by atoms with van der Waals surface area (Å²) >= 11 is 0. The molecule has 0 saturated carbocycles. The second-order valence-corrected chi connectivity index (χ2v) is 11.4. The Hall–Kier alpha value is -3.17. The summed E-state index contributed by atoms with van der Waals surface area (Å²) in [6, 6.07) is 17.7. The molecule has 0 N–H and O–H groups in total. The Morgan fingerprint density at radius 3 is 2.37 bits per heavy atom. The highest BCUT2D eigenvalue weighted by molar-refractivity contribution is 7.91. The highest BCUT2D eigenvalue weighted by Gasteiger charge is 2.35. The van der Waals surface area contributed by atoms with Crippen LogP contribution in [0.25, 0.3) is 11.3 Å². The molecule has 1 unspecified atom stereocenters. The number of nitrogens with zero attached hydrogens (tertiary/aromatic N) is 4. The van der Waals surface area contributed by atoms with E-state index < -0.39 is 9.84 Å². The van der Waals surface area contributed by atoms with Crippen molar-refractivity contribution in [3.05, 3.63) is 71.9 Å². The Balaban J connectivity index is 1.36. The first-order chi connectivity index (χ1) is 16.9. The molecule has 1 amide bonds. The van der Waals surface area contributed by atoms with Crippen LogP contribution >= 0.6 is 0 Å². The highest BCUT2D eigenvalue weighted by Crippen LogP contribution is 2.27. The van der Waals surface area contributed by atoms with E-state index in [4.69, 9.17) is 9.84 Å². The smallest absolute Gasteiger partial charge is 0.257 e. The fourth-order valence-electron chi connectivity index (χ4n) is 4.92. The lowest BCUT2D eigenvalue weighted by atomic mass is 10.1. The monoisotopic (exact) mass is 494 g/mol. The van der Waals surface area contributed by atoms with Gasteiger partial charge in [-0.2, -0.15) is 5.10 Å². The van der Waals surface area contributed by atoms with Crippen LogP contribution in [0.4, 0.5) is 0 Å². The van der Waals surface area contributed by atoms with Crippen LogP contribution < -0.4 is 4.74 Å². The van der Waals surface area contributed by atoms with Crippen molar-refractivity contribution < 1.29 is 17.9 Å². The number of ether oxygens (including phenoxy) is 1. The van der Waals surface area contributed by atoms with Crippen molar-refractivity contribution in [2.45, 2.75) is 19.0 Å². The predicted molar refractivity (Wildman–Crippen MR) is 134 cm³/mol. The van der Waals surface area contributed by atoms with Gasteiger partial charge in [0.15, 0.2) is 9.84 Å². The van der Waals surface area contributed by atoms with Gasteiger partial charge in [-0.1, -0.05) is 30.3 Å². The molecule has 1 atom stereocenters. The van der Waals surface area contributed by atoms with E-state index in [9.17, 15) is 13.2 Å². The number of hydrogen-bond donors (Lipinski definition) is 0. The molecule has 2 saturated heterocycles. The van der Waals surface area contributed by atoms with Gasteiger partial charge in [0.2, 0.25) is 0 Å². The number of benzene rings is 2. The van der Waals surface area contributed by atoms with E-state index >= 15 is 0 Å². The van der Waals surface area contributed by atoms with Crippen LogP contribution in [-0.4, -0.2) is 84.7 Å². The van der Waals surface area contributed by atoms with Crippen molar-refractivity contribution in [2.24, 2.45) is 0 Å². The lowest BCUT2D eigenvalue weighted by Crippen LogP contribution is -2.52. The number of methoxy groups -OCH3 is 1. The molecule has 1 aromatic heterocycles. The summed E-state index contributed by atoms with van der Waals surface area (Å²) in [6.07, 6.45) is 2.52. The van der Waals surface area contributed by atoms with Gasteiger partial charge in [0.1, 0.15) is 11.4 Å². The van der Waals surface area contributed by atoms with Gasteiger partial charge in [-0.3, -0.25) is 14.4 Å². The Labute approximate surface area is 206 Å². The van der Waals surface area contributed by atoms with E-state index in [1.165, 1.54) is 0 Å². The summed E-state index contributed by atoms with van der Waals surface area (Å²) in [6.45, 7) is 3.08. The molecule has 184 valence electrons. The van der Waals surface area contributed by atoms with E-state index in [0.717, 1.165) is 16.9 Å². The van der Waals surface area contributed by atoms with E-state index in [1.807, 2.05) is 70.4 Å². The Morgan fingerprint density at radius 1 is 1.03 bits per heavy atom. The largest absolute Gasteiger partial charge is 0.497 e. The number of rotatable bonds is 6. The van der Waals surface area contributed by atoms with Gasteiger partial charge in [0.25, 0.3) is 5.91 Å². The van der Waals surface area contributed by atoms with Crippen LogP contribution in [0, 0.1) is 0 Å². The molecule has 0 bridgehead atoms. The average Bonchev–Trinajstić information content (AvgIpc) is 3.47. The molecule has 2 aromatic carbocycles. The van der Waals surface area contributed by atoms with Crippen molar-refractivity contribution in [2.75, 3.05) is 44.8 Å². The Morgan fingerprint density at radius 2 is 1.74 bits per heavy atom.